The summed E-state index contributed by atoms with van der Waals surface area (Å²) in [4.78, 5) is 2.56. The van der Waals surface area contributed by atoms with Crippen molar-refractivity contribution >= 4 is 73.3 Å². The number of benzene rings is 6. The van der Waals surface area contributed by atoms with Crippen molar-refractivity contribution in [3.8, 4) is 11.5 Å². The lowest BCUT2D eigenvalue weighted by Crippen LogP contribution is -2.81. The van der Waals surface area contributed by atoms with Gasteiger partial charge in [-0.15, -0.1) is 33.2 Å². The van der Waals surface area contributed by atoms with Gasteiger partial charge in [0.15, 0.2) is 79.6 Å². The van der Waals surface area contributed by atoms with Crippen LogP contribution in [0.5, 0.6) is 11.5 Å². The lowest BCUT2D eigenvalue weighted by molar-refractivity contribution is 0.378. The quantitative estimate of drug-likeness (QED) is 0.0423. The molecule has 0 atom stereocenters. The van der Waals surface area contributed by atoms with Crippen LogP contribution < -0.4 is 31.3 Å². The van der Waals surface area contributed by atoms with E-state index in [0.29, 0.717) is 0 Å². The SMILES string of the molecule is COc1ccc([S+](c2ccc(OC)cc2)c2ccc(Sc3cccs3)s2)cc1.Fc1c(F)c(F)c([B-](c2c(F)c(F)c(F)c(F)c2F)(c2c(F)c(F)c(F)c(F)c2F)c2c(F)c(F)c(F)c(F)c2F)c(F)c1F. The van der Waals surface area contributed by atoms with Crippen molar-refractivity contribution in [2.24, 2.45) is 0 Å². The predicted molar refractivity (Wildman–Crippen MR) is 230 cm³/mol. The van der Waals surface area contributed by atoms with Gasteiger partial charge in [0.2, 0.25) is 4.21 Å². The Morgan fingerprint density at radius 1 is 0.356 bits per heavy atom. The Balaban J connectivity index is 0.000000237. The van der Waals surface area contributed by atoms with Crippen LogP contribution in [-0.4, -0.2) is 20.4 Å². The summed E-state index contributed by atoms with van der Waals surface area (Å²) in [5.41, 5.74) is -14.3. The van der Waals surface area contributed by atoms with Crippen LogP contribution in [0.4, 0.5) is 87.8 Å². The summed E-state index contributed by atoms with van der Waals surface area (Å²) in [5.74, 6) is -69.7. The first-order valence-electron chi connectivity index (χ1n) is 19.5. The number of hydrogen-bond donors (Lipinski definition) is 0. The highest BCUT2D eigenvalue weighted by atomic mass is 32.2. The normalized spacial score (nSPS) is 11.6. The molecule has 0 saturated carbocycles. The molecule has 0 amide bonds. The van der Waals surface area contributed by atoms with Gasteiger partial charge in [-0.25, -0.2) is 87.8 Å². The minimum absolute atomic E-state index is 0.165. The Kier molecular flexibility index (Phi) is 15.9. The third kappa shape index (κ3) is 9.25. The zero-order chi connectivity index (χ0) is 53.7. The van der Waals surface area contributed by atoms with Crippen LogP contribution in [0.25, 0.3) is 0 Å². The molecular formula is C46H19BF20O2S4. The maximum atomic E-state index is 15.4. The van der Waals surface area contributed by atoms with Crippen molar-refractivity contribution in [1.82, 2.24) is 0 Å². The highest BCUT2D eigenvalue weighted by Crippen LogP contribution is 2.42. The fraction of sp³-hybridized carbons (Fsp3) is 0.0435. The molecule has 27 heteroatoms. The standard InChI is InChI=1S/C24BF20.C22H19O2S4/c26-5-1(6(27)14(35)21(42)13(5)34)25(2-7(28)15(36)22(43)16(37)8(2)29,3-9(30)17(38)23(44)18(39)10(3)31)4-11(32)19(40)24(45)20(41)12(4)33;1-23-16-5-9-18(10-6-16)28(19-11-7-17(24-2)8-12-19)22-14-13-21(27-22)26-20-4-3-15-25-20/h;3-15H,1-2H3/q-1;+1. The summed E-state index contributed by atoms with van der Waals surface area (Å²) in [6.07, 6.45) is -7.22. The van der Waals surface area contributed by atoms with Crippen molar-refractivity contribution in [3.63, 3.8) is 0 Å². The number of methoxy groups -OCH3 is 2. The first kappa shape index (κ1) is 54.5. The van der Waals surface area contributed by atoms with Crippen molar-refractivity contribution in [2.45, 2.75) is 22.4 Å². The molecule has 8 aromatic rings. The third-order valence-corrected chi connectivity index (χ3v) is 16.6. The second kappa shape index (κ2) is 21.3. The second-order valence-corrected chi connectivity index (χ2v) is 20.5. The fourth-order valence-corrected chi connectivity index (χ4v) is 13.5. The number of thiophene rings is 2. The maximum Gasteiger partial charge on any atom is 0.221 e. The van der Waals surface area contributed by atoms with E-state index in [1.54, 1.807) is 25.6 Å². The van der Waals surface area contributed by atoms with Crippen LogP contribution in [0.1, 0.15) is 0 Å². The third-order valence-electron chi connectivity index (χ3n) is 10.8. The topological polar surface area (TPSA) is 18.5 Å². The highest BCUT2D eigenvalue weighted by molar-refractivity contribution is 8.03. The van der Waals surface area contributed by atoms with Crippen LogP contribution in [0, 0.1) is 116 Å². The van der Waals surface area contributed by atoms with E-state index < -0.39 is 144 Å². The highest BCUT2D eigenvalue weighted by Gasteiger charge is 2.52. The van der Waals surface area contributed by atoms with Gasteiger partial charge in [0.25, 0.3) is 0 Å². The monoisotopic (exact) mass is 1120 g/mol. The summed E-state index contributed by atoms with van der Waals surface area (Å²) in [7, 11) is 3.23. The molecule has 0 spiro atoms. The smallest absolute Gasteiger partial charge is 0.221 e. The van der Waals surface area contributed by atoms with Crippen molar-refractivity contribution in [2.75, 3.05) is 14.2 Å². The molecule has 0 aliphatic rings. The molecular weight excluding hydrogens is 1100 g/mol. The predicted octanol–water partition coefficient (Wildman–Crippen LogP) is 12.9. The Morgan fingerprint density at radius 3 is 0.904 bits per heavy atom. The number of hydrogen-bond acceptors (Lipinski definition) is 5. The molecule has 0 fully saturated rings. The van der Waals surface area contributed by atoms with Gasteiger partial charge in [-0.1, -0.05) is 29.2 Å². The molecule has 2 nitrogen and oxygen atoms in total. The Hall–Kier alpha value is -6.32. The molecule has 0 aliphatic heterocycles. The van der Waals surface area contributed by atoms with E-state index in [0.717, 1.165) is 11.5 Å². The van der Waals surface area contributed by atoms with Gasteiger partial charge in [-0.05, 0) is 66.0 Å². The summed E-state index contributed by atoms with van der Waals surface area (Å²) in [5, 5.41) is 2.12. The average Bonchev–Trinajstić information content (AvgIpc) is 4.09. The first-order valence-corrected chi connectivity index (χ1v) is 23.3. The molecule has 0 radical (unpaired) electrons. The second-order valence-electron chi connectivity index (χ2n) is 14.6. The summed E-state index contributed by atoms with van der Waals surface area (Å²) in [6, 6.07) is 25.6. The van der Waals surface area contributed by atoms with E-state index in [1.807, 2.05) is 47.4 Å². The van der Waals surface area contributed by atoms with Gasteiger partial charge in [0.05, 0.1) is 22.6 Å². The molecule has 0 bridgehead atoms. The van der Waals surface area contributed by atoms with E-state index in [4.69, 9.17) is 9.47 Å². The minimum atomic E-state index is -7.22. The molecule has 0 saturated heterocycles. The Labute approximate surface area is 411 Å². The van der Waals surface area contributed by atoms with Gasteiger partial charge in [-0.3, -0.25) is 0 Å². The molecule has 0 N–H and O–H groups in total. The Morgan fingerprint density at radius 2 is 0.644 bits per heavy atom. The van der Waals surface area contributed by atoms with Gasteiger partial charge in [-0.2, -0.15) is 0 Å². The molecule has 0 unspecified atom stereocenters. The van der Waals surface area contributed by atoms with Crippen LogP contribution in [0.15, 0.2) is 101 Å². The Bertz CT molecular complexity index is 2980. The number of rotatable bonds is 11. The fourth-order valence-electron chi connectivity index (χ4n) is 7.55. The largest absolute Gasteiger partial charge is 0.497 e. The maximum absolute atomic E-state index is 15.4. The summed E-state index contributed by atoms with van der Waals surface area (Å²) >= 11 is 5.49. The van der Waals surface area contributed by atoms with E-state index in [9.17, 15) is 52.7 Å². The van der Waals surface area contributed by atoms with Gasteiger partial charge >= 0.3 is 0 Å². The summed E-state index contributed by atoms with van der Waals surface area (Å²) in [6.45, 7) is 0. The van der Waals surface area contributed by atoms with Gasteiger partial charge in [0.1, 0.15) is 75.1 Å². The first-order chi connectivity index (χ1) is 34.5. The molecule has 0 aliphatic carbocycles. The van der Waals surface area contributed by atoms with Crippen molar-refractivity contribution < 1.29 is 97.3 Å². The van der Waals surface area contributed by atoms with E-state index in [1.165, 1.54) is 22.4 Å². The average molecular weight is 1120 g/mol. The number of halogens is 20. The molecule has 2 heterocycles. The van der Waals surface area contributed by atoms with Crippen LogP contribution in [-0.2, 0) is 10.9 Å². The zero-order valence-electron chi connectivity index (χ0n) is 35.6. The van der Waals surface area contributed by atoms with Crippen LogP contribution in [0.2, 0.25) is 0 Å². The number of ether oxygens (including phenoxy) is 2. The molecule has 382 valence electrons. The lowest BCUT2D eigenvalue weighted by Gasteiger charge is -2.44. The van der Waals surface area contributed by atoms with Gasteiger partial charge < -0.3 is 9.47 Å². The van der Waals surface area contributed by atoms with Crippen molar-refractivity contribution in [3.05, 3.63) is 195 Å². The molecule has 73 heavy (non-hydrogen) atoms. The zero-order valence-corrected chi connectivity index (χ0v) is 38.9. The molecule has 6 aromatic carbocycles. The van der Waals surface area contributed by atoms with E-state index in [-0.39, 0.29) is 10.9 Å². The van der Waals surface area contributed by atoms with Crippen LogP contribution >= 0.6 is 34.4 Å². The van der Waals surface area contributed by atoms with Crippen LogP contribution in [0.3, 0.4) is 0 Å². The van der Waals surface area contributed by atoms with Crippen molar-refractivity contribution in [1.29, 1.82) is 0 Å². The van der Waals surface area contributed by atoms with Gasteiger partial charge in [0, 0.05) is 6.07 Å². The van der Waals surface area contributed by atoms with E-state index in [2.05, 4.69) is 53.9 Å². The lowest BCUT2D eigenvalue weighted by atomic mass is 9.12. The molecule has 8 rings (SSSR count). The summed E-state index contributed by atoms with van der Waals surface area (Å²) < 4.78 is 309. The minimum Gasteiger partial charge on any atom is -0.497 e. The molecule has 2 aromatic heterocycles. The van der Waals surface area contributed by atoms with E-state index >= 15 is 35.1 Å².